The highest BCUT2D eigenvalue weighted by molar-refractivity contribution is 7.07. The van der Waals surface area contributed by atoms with Gasteiger partial charge in [-0.05, 0) is 47.2 Å². The minimum atomic E-state index is -0.195. The molecule has 0 saturated carbocycles. The first-order valence-electron chi connectivity index (χ1n) is 10.0. The maximum atomic E-state index is 11.4. The van der Waals surface area contributed by atoms with Gasteiger partial charge < -0.3 is 21.3 Å². The van der Waals surface area contributed by atoms with E-state index in [1.165, 1.54) is 5.56 Å². The van der Waals surface area contributed by atoms with Gasteiger partial charge >= 0.3 is 0 Å². The summed E-state index contributed by atoms with van der Waals surface area (Å²) < 4.78 is 0. The number of hydrogen-bond acceptors (Lipinski definition) is 5. The number of carbonyl (C=O) groups is 1. The molecule has 1 atom stereocenters. The van der Waals surface area contributed by atoms with Crippen molar-refractivity contribution in [2.75, 3.05) is 31.6 Å². The lowest BCUT2D eigenvalue weighted by Crippen LogP contribution is -2.41. The number of primary amides is 1. The van der Waals surface area contributed by atoms with Crippen LogP contribution in [-0.2, 0) is 11.3 Å². The van der Waals surface area contributed by atoms with Crippen LogP contribution in [0.4, 0.5) is 5.82 Å². The van der Waals surface area contributed by atoms with Gasteiger partial charge in [-0.2, -0.15) is 11.3 Å². The van der Waals surface area contributed by atoms with Gasteiger partial charge in [0.15, 0.2) is 5.96 Å². The van der Waals surface area contributed by atoms with Crippen molar-refractivity contribution in [1.29, 1.82) is 0 Å². The third kappa shape index (κ3) is 5.69. The van der Waals surface area contributed by atoms with Gasteiger partial charge in [-0.3, -0.25) is 9.79 Å². The second-order valence-electron chi connectivity index (χ2n) is 7.41. The Balaban J connectivity index is 1.55. The molecule has 0 spiro atoms. The zero-order valence-corrected chi connectivity index (χ0v) is 17.9. The molecular weight excluding hydrogens is 384 g/mol. The largest absolute Gasteiger partial charge is 0.369 e. The molecule has 0 radical (unpaired) electrons. The van der Waals surface area contributed by atoms with Crippen molar-refractivity contribution in [3.63, 3.8) is 0 Å². The molecule has 3 rings (SSSR count). The van der Waals surface area contributed by atoms with E-state index in [4.69, 9.17) is 5.73 Å². The van der Waals surface area contributed by atoms with Gasteiger partial charge in [-0.25, -0.2) is 4.98 Å². The average Bonchev–Trinajstić information content (AvgIpc) is 3.29. The zero-order chi connectivity index (χ0) is 20.6. The molecule has 156 valence electrons. The SMILES string of the molecule is CN=C(NCc1cccnc1N1CCC(C(N)=O)CC1)NCC(C)c1ccsc1. The Morgan fingerprint density at radius 1 is 1.38 bits per heavy atom. The molecule has 1 unspecified atom stereocenters. The van der Waals surface area contributed by atoms with E-state index in [1.54, 1.807) is 18.4 Å². The number of carbonyl (C=O) groups excluding carboxylic acids is 1. The normalized spacial score (nSPS) is 16.5. The van der Waals surface area contributed by atoms with E-state index in [1.807, 2.05) is 12.3 Å². The third-order valence-corrected chi connectivity index (χ3v) is 6.12. The molecule has 4 N–H and O–H groups in total. The third-order valence-electron chi connectivity index (χ3n) is 5.42. The lowest BCUT2D eigenvalue weighted by molar-refractivity contribution is -0.122. The highest BCUT2D eigenvalue weighted by atomic mass is 32.1. The zero-order valence-electron chi connectivity index (χ0n) is 17.1. The Hall–Kier alpha value is -2.61. The molecule has 1 aliphatic rings. The smallest absolute Gasteiger partial charge is 0.220 e. The molecule has 1 fully saturated rings. The molecule has 8 heteroatoms. The molecule has 1 aliphatic heterocycles. The summed E-state index contributed by atoms with van der Waals surface area (Å²) in [6.07, 6.45) is 3.37. The number of nitrogens with zero attached hydrogens (tertiary/aromatic N) is 3. The standard InChI is InChI=1S/C21H30N6OS/c1-15(18-7-11-29-14-18)12-25-21(23-2)26-13-17-4-3-8-24-20(17)27-9-5-16(6-10-27)19(22)28/h3-4,7-8,11,14-16H,5-6,9-10,12-13H2,1-2H3,(H2,22,28)(H2,23,25,26). The number of rotatable bonds is 7. The molecule has 3 heterocycles. The van der Waals surface area contributed by atoms with E-state index in [0.29, 0.717) is 12.5 Å². The van der Waals surface area contributed by atoms with E-state index >= 15 is 0 Å². The fraction of sp³-hybridized carbons (Fsp3) is 0.476. The Morgan fingerprint density at radius 2 is 2.17 bits per heavy atom. The molecular formula is C21H30N6OS. The summed E-state index contributed by atoms with van der Waals surface area (Å²) in [6, 6.07) is 6.19. The monoisotopic (exact) mass is 414 g/mol. The topological polar surface area (TPSA) is 95.6 Å². The van der Waals surface area contributed by atoms with Crippen molar-refractivity contribution in [3.8, 4) is 0 Å². The molecule has 0 aliphatic carbocycles. The first-order valence-corrected chi connectivity index (χ1v) is 11.0. The summed E-state index contributed by atoms with van der Waals surface area (Å²) >= 11 is 1.72. The molecule has 1 saturated heterocycles. The van der Waals surface area contributed by atoms with Crippen LogP contribution < -0.4 is 21.3 Å². The second-order valence-corrected chi connectivity index (χ2v) is 8.19. The number of aliphatic imine (C=N–C) groups is 1. The van der Waals surface area contributed by atoms with Crippen molar-refractivity contribution >= 4 is 29.0 Å². The van der Waals surface area contributed by atoms with Gasteiger partial charge in [0.1, 0.15) is 5.82 Å². The Morgan fingerprint density at radius 3 is 2.83 bits per heavy atom. The van der Waals surface area contributed by atoms with Crippen molar-refractivity contribution < 1.29 is 4.79 Å². The highest BCUT2D eigenvalue weighted by Gasteiger charge is 2.25. The van der Waals surface area contributed by atoms with Crippen LogP contribution in [0.5, 0.6) is 0 Å². The summed E-state index contributed by atoms with van der Waals surface area (Å²) in [7, 11) is 1.78. The van der Waals surface area contributed by atoms with Crippen molar-refractivity contribution in [2.45, 2.75) is 32.2 Å². The number of nitrogens with one attached hydrogen (secondary N) is 2. The van der Waals surface area contributed by atoms with Crippen molar-refractivity contribution in [3.05, 3.63) is 46.3 Å². The summed E-state index contributed by atoms with van der Waals surface area (Å²) in [5.74, 6) is 1.93. The fourth-order valence-corrected chi connectivity index (χ4v) is 4.33. The molecule has 0 bridgehead atoms. The first-order chi connectivity index (χ1) is 14.1. The average molecular weight is 415 g/mol. The number of guanidine groups is 1. The van der Waals surface area contributed by atoms with E-state index in [0.717, 1.165) is 49.8 Å². The minimum Gasteiger partial charge on any atom is -0.369 e. The number of piperidine rings is 1. The number of pyridine rings is 1. The Labute approximate surface area is 176 Å². The number of anilines is 1. The van der Waals surface area contributed by atoms with Gasteiger partial charge in [0, 0.05) is 50.9 Å². The van der Waals surface area contributed by atoms with Crippen LogP contribution in [0.1, 0.15) is 36.8 Å². The predicted molar refractivity (Wildman–Crippen MR) is 119 cm³/mol. The summed E-state index contributed by atoms with van der Waals surface area (Å²) in [5.41, 5.74) is 7.91. The van der Waals surface area contributed by atoms with E-state index in [2.05, 4.69) is 55.3 Å². The molecule has 29 heavy (non-hydrogen) atoms. The van der Waals surface area contributed by atoms with Crippen LogP contribution in [-0.4, -0.2) is 43.5 Å². The van der Waals surface area contributed by atoms with Gasteiger partial charge in [-0.15, -0.1) is 0 Å². The van der Waals surface area contributed by atoms with E-state index in [9.17, 15) is 4.79 Å². The maximum absolute atomic E-state index is 11.4. The number of aromatic nitrogens is 1. The molecule has 0 aromatic carbocycles. The summed E-state index contributed by atoms with van der Waals surface area (Å²) in [6.45, 7) is 5.24. The van der Waals surface area contributed by atoms with Crippen LogP contribution in [0.25, 0.3) is 0 Å². The van der Waals surface area contributed by atoms with Crippen molar-refractivity contribution in [1.82, 2.24) is 15.6 Å². The summed E-state index contributed by atoms with van der Waals surface area (Å²) in [5, 5.41) is 11.1. The Kier molecular flexibility index (Phi) is 7.46. The number of nitrogens with two attached hydrogens (primary N) is 1. The van der Waals surface area contributed by atoms with Crippen LogP contribution in [0.2, 0.25) is 0 Å². The molecule has 2 aromatic heterocycles. The first kappa shape index (κ1) is 21.1. The Bertz CT molecular complexity index is 814. The molecule has 7 nitrogen and oxygen atoms in total. The van der Waals surface area contributed by atoms with Gasteiger partial charge in [-0.1, -0.05) is 13.0 Å². The fourth-order valence-electron chi connectivity index (χ4n) is 3.55. The van der Waals surface area contributed by atoms with Crippen LogP contribution in [0.15, 0.2) is 40.1 Å². The van der Waals surface area contributed by atoms with E-state index < -0.39 is 0 Å². The van der Waals surface area contributed by atoms with Crippen LogP contribution in [0.3, 0.4) is 0 Å². The quantitative estimate of drug-likeness (QED) is 0.477. The predicted octanol–water partition coefficient (Wildman–Crippen LogP) is 2.31. The van der Waals surface area contributed by atoms with E-state index in [-0.39, 0.29) is 11.8 Å². The molecule has 2 aromatic rings. The lowest BCUT2D eigenvalue weighted by atomic mass is 9.96. The second kappa shape index (κ2) is 10.2. The maximum Gasteiger partial charge on any atom is 0.220 e. The van der Waals surface area contributed by atoms with Crippen LogP contribution in [0, 0.1) is 5.92 Å². The molecule has 1 amide bonds. The van der Waals surface area contributed by atoms with Crippen molar-refractivity contribution in [2.24, 2.45) is 16.6 Å². The lowest BCUT2D eigenvalue weighted by Gasteiger charge is -2.32. The number of hydrogen-bond donors (Lipinski definition) is 3. The minimum absolute atomic E-state index is 0.0234. The van der Waals surface area contributed by atoms with Gasteiger partial charge in [0.05, 0.1) is 0 Å². The highest BCUT2D eigenvalue weighted by Crippen LogP contribution is 2.24. The number of thiophene rings is 1. The number of amides is 1. The van der Waals surface area contributed by atoms with Gasteiger partial charge in [0.25, 0.3) is 0 Å². The van der Waals surface area contributed by atoms with Gasteiger partial charge in [0.2, 0.25) is 5.91 Å². The summed E-state index contributed by atoms with van der Waals surface area (Å²) in [4.78, 5) is 22.6. The van der Waals surface area contributed by atoms with Crippen LogP contribution >= 0.6 is 11.3 Å².